The first-order valence-corrected chi connectivity index (χ1v) is 11.5. The van der Waals surface area contributed by atoms with Crippen LogP contribution in [-0.2, 0) is 21.2 Å². The van der Waals surface area contributed by atoms with Gasteiger partial charge in [-0.15, -0.1) is 0 Å². The molecule has 1 aliphatic heterocycles. The van der Waals surface area contributed by atoms with Gasteiger partial charge in [-0.3, -0.25) is 4.79 Å². The summed E-state index contributed by atoms with van der Waals surface area (Å²) in [6, 6.07) is 7.22. The van der Waals surface area contributed by atoms with E-state index >= 15 is 0 Å². The van der Waals surface area contributed by atoms with Gasteiger partial charge in [-0.2, -0.15) is 4.31 Å². The van der Waals surface area contributed by atoms with E-state index in [1.165, 1.54) is 0 Å². The summed E-state index contributed by atoms with van der Waals surface area (Å²) < 4.78 is 27.2. The van der Waals surface area contributed by atoms with Crippen LogP contribution in [0, 0.1) is 5.92 Å². The molecule has 0 aromatic heterocycles. The molecule has 0 saturated carbocycles. The number of amides is 1. The molecule has 1 amide bonds. The van der Waals surface area contributed by atoms with Crippen molar-refractivity contribution < 1.29 is 18.1 Å². The van der Waals surface area contributed by atoms with Crippen LogP contribution in [0.4, 0.5) is 0 Å². The minimum Gasteiger partial charge on any atom is -0.351 e. The van der Waals surface area contributed by atoms with Crippen molar-refractivity contribution in [2.24, 2.45) is 5.92 Å². The van der Waals surface area contributed by atoms with Crippen LogP contribution in [0.2, 0.25) is 0 Å². The van der Waals surface area contributed by atoms with Crippen molar-refractivity contribution in [3.05, 3.63) is 29.8 Å². The number of nitrogens with zero attached hydrogens (tertiary/aromatic N) is 1. The molecule has 7 heteroatoms. The molecule has 1 fully saturated rings. The predicted octanol–water partition coefficient (Wildman–Crippen LogP) is 0.691. The monoisotopic (exact) mass is 396 g/mol. The second kappa shape index (κ2) is 10.2. The first kappa shape index (κ1) is 21.9. The Morgan fingerprint density at radius 3 is 2.37 bits per heavy atom. The van der Waals surface area contributed by atoms with E-state index in [-0.39, 0.29) is 5.91 Å². The Labute approximate surface area is 164 Å². The van der Waals surface area contributed by atoms with Crippen molar-refractivity contribution >= 4 is 15.9 Å². The van der Waals surface area contributed by atoms with Crippen molar-refractivity contribution in [1.29, 1.82) is 0 Å². The predicted molar refractivity (Wildman–Crippen MR) is 107 cm³/mol. The smallest absolute Gasteiger partial charge is 0.275 e. The molecular formula is C20H34N3O3S+. The lowest BCUT2D eigenvalue weighted by molar-refractivity contribution is -0.895. The highest BCUT2D eigenvalue weighted by molar-refractivity contribution is 7.89. The number of benzene rings is 1. The second-order valence-corrected chi connectivity index (χ2v) is 9.70. The van der Waals surface area contributed by atoms with Crippen LogP contribution in [-0.4, -0.2) is 57.9 Å². The topological polar surface area (TPSA) is 70.9 Å². The van der Waals surface area contributed by atoms with E-state index in [1.807, 2.05) is 12.1 Å². The van der Waals surface area contributed by atoms with Crippen LogP contribution >= 0.6 is 0 Å². The minimum atomic E-state index is -3.45. The van der Waals surface area contributed by atoms with E-state index in [2.05, 4.69) is 26.1 Å². The average molecular weight is 397 g/mol. The lowest BCUT2D eigenvalue weighted by Crippen LogP contribution is -3.15. The Bertz CT molecular complexity index is 694. The molecule has 0 bridgehead atoms. The standard InChI is InChI=1S/C20H33N3O3S/c1-4-5-18-6-8-19(9-7-18)27(25,26)23-14-12-22(13-15-23)16-20(24)21-11-10-17(2)3/h6-9,17H,4-5,10-16H2,1-3H3,(H,21,24)/p+1. The van der Waals surface area contributed by atoms with Gasteiger partial charge in [0.2, 0.25) is 10.0 Å². The molecule has 1 heterocycles. The maximum Gasteiger partial charge on any atom is 0.275 e. The van der Waals surface area contributed by atoms with Gasteiger partial charge in [0.15, 0.2) is 6.54 Å². The lowest BCUT2D eigenvalue weighted by atomic mass is 10.1. The van der Waals surface area contributed by atoms with E-state index < -0.39 is 10.0 Å². The van der Waals surface area contributed by atoms with Crippen LogP contribution in [0.5, 0.6) is 0 Å². The third-order valence-electron chi connectivity index (χ3n) is 4.98. The number of hydrogen-bond acceptors (Lipinski definition) is 3. The molecular weight excluding hydrogens is 362 g/mol. The summed E-state index contributed by atoms with van der Waals surface area (Å²) in [7, 11) is -3.45. The zero-order valence-electron chi connectivity index (χ0n) is 16.8. The molecule has 0 spiro atoms. The van der Waals surface area contributed by atoms with Crippen LogP contribution in [0.25, 0.3) is 0 Å². The van der Waals surface area contributed by atoms with Gasteiger partial charge < -0.3 is 10.2 Å². The number of quaternary nitrogens is 1. The van der Waals surface area contributed by atoms with Crippen LogP contribution in [0.15, 0.2) is 29.2 Å². The van der Waals surface area contributed by atoms with Gasteiger partial charge in [0.05, 0.1) is 31.1 Å². The molecule has 0 unspecified atom stereocenters. The van der Waals surface area contributed by atoms with Crippen molar-refractivity contribution in [2.75, 3.05) is 39.3 Å². The number of carbonyl (C=O) groups is 1. The first-order chi connectivity index (χ1) is 12.8. The van der Waals surface area contributed by atoms with E-state index in [4.69, 9.17) is 0 Å². The maximum absolute atomic E-state index is 12.8. The highest BCUT2D eigenvalue weighted by Crippen LogP contribution is 2.17. The van der Waals surface area contributed by atoms with E-state index in [1.54, 1.807) is 16.4 Å². The number of nitrogens with one attached hydrogen (secondary N) is 2. The third kappa shape index (κ3) is 6.59. The van der Waals surface area contributed by atoms with E-state index in [0.717, 1.165) is 29.7 Å². The maximum atomic E-state index is 12.8. The Hall–Kier alpha value is -1.44. The lowest BCUT2D eigenvalue weighted by Gasteiger charge is -2.31. The molecule has 1 aromatic rings. The Kier molecular flexibility index (Phi) is 8.26. The molecule has 1 saturated heterocycles. The fourth-order valence-corrected chi connectivity index (χ4v) is 4.72. The minimum absolute atomic E-state index is 0.0495. The van der Waals surface area contributed by atoms with E-state index in [9.17, 15) is 13.2 Å². The molecule has 27 heavy (non-hydrogen) atoms. The number of hydrogen-bond donors (Lipinski definition) is 2. The van der Waals surface area contributed by atoms with Gasteiger partial charge in [0.25, 0.3) is 5.91 Å². The van der Waals surface area contributed by atoms with Crippen molar-refractivity contribution in [3.8, 4) is 0 Å². The molecule has 0 radical (unpaired) electrons. The zero-order valence-corrected chi connectivity index (χ0v) is 17.6. The summed E-state index contributed by atoms with van der Waals surface area (Å²) in [6.45, 7) is 9.71. The van der Waals surface area contributed by atoms with Gasteiger partial charge in [0, 0.05) is 6.54 Å². The largest absolute Gasteiger partial charge is 0.351 e. The Morgan fingerprint density at radius 1 is 1.19 bits per heavy atom. The number of carbonyl (C=O) groups excluding carboxylic acids is 1. The molecule has 1 aromatic carbocycles. The SMILES string of the molecule is CCCc1ccc(S(=O)(=O)N2CC[NH+](CC(=O)NCCC(C)C)CC2)cc1. The van der Waals surface area contributed by atoms with Crippen LogP contribution < -0.4 is 10.2 Å². The number of sulfonamides is 1. The Morgan fingerprint density at radius 2 is 1.81 bits per heavy atom. The van der Waals surface area contributed by atoms with Gasteiger partial charge in [-0.1, -0.05) is 39.3 Å². The van der Waals surface area contributed by atoms with Crippen LogP contribution in [0.3, 0.4) is 0 Å². The van der Waals surface area contributed by atoms with Gasteiger partial charge in [-0.25, -0.2) is 8.42 Å². The molecule has 1 aliphatic rings. The fraction of sp³-hybridized carbons (Fsp3) is 0.650. The highest BCUT2D eigenvalue weighted by Gasteiger charge is 2.31. The number of piperazine rings is 1. The number of aryl methyl sites for hydroxylation is 1. The summed E-state index contributed by atoms with van der Waals surface area (Å²) in [5, 5.41) is 2.95. The fourth-order valence-electron chi connectivity index (χ4n) is 3.28. The van der Waals surface area contributed by atoms with Gasteiger partial charge >= 0.3 is 0 Å². The van der Waals surface area contributed by atoms with Crippen LogP contribution in [0.1, 0.15) is 39.2 Å². The van der Waals surface area contributed by atoms with E-state index in [0.29, 0.717) is 50.1 Å². The normalized spacial score (nSPS) is 16.6. The summed E-state index contributed by atoms with van der Waals surface area (Å²) in [5.41, 5.74) is 1.16. The summed E-state index contributed by atoms with van der Waals surface area (Å²) in [5.74, 6) is 0.621. The summed E-state index contributed by atoms with van der Waals surface area (Å²) >= 11 is 0. The van der Waals surface area contributed by atoms with Crippen molar-refractivity contribution in [2.45, 2.75) is 44.9 Å². The molecule has 2 N–H and O–H groups in total. The first-order valence-electron chi connectivity index (χ1n) is 10.0. The Balaban J connectivity index is 1.84. The molecule has 0 aliphatic carbocycles. The third-order valence-corrected chi connectivity index (χ3v) is 6.90. The quantitative estimate of drug-likeness (QED) is 0.645. The van der Waals surface area contributed by atoms with Crippen molar-refractivity contribution in [3.63, 3.8) is 0 Å². The summed E-state index contributed by atoms with van der Waals surface area (Å²) in [4.78, 5) is 13.5. The molecule has 6 nitrogen and oxygen atoms in total. The average Bonchev–Trinajstić information content (AvgIpc) is 2.62. The molecule has 0 atom stereocenters. The molecule has 152 valence electrons. The number of rotatable bonds is 9. The highest BCUT2D eigenvalue weighted by atomic mass is 32.2. The molecule has 2 rings (SSSR count). The van der Waals surface area contributed by atoms with Gasteiger partial charge in [-0.05, 0) is 36.5 Å². The second-order valence-electron chi connectivity index (χ2n) is 7.76. The summed E-state index contributed by atoms with van der Waals surface area (Å²) in [6.07, 6.45) is 2.98. The zero-order chi connectivity index (χ0) is 19.9. The van der Waals surface area contributed by atoms with Crippen molar-refractivity contribution in [1.82, 2.24) is 9.62 Å². The van der Waals surface area contributed by atoms with Gasteiger partial charge in [0.1, 0.15) is 0 Å².